The molecule has 1 amide bonds. The Morgan fingerprint density at radius 2 is 2.00 bits per heavy atom. The number of ether oxygens (including phenoxy) is 1. The first-order valence-electron chi connectivity index (χ1n) is 8.42. The van der Waals surface area contributed by atoms with Gasteiger partial charge in [0.2, 0.25) is 0 Å². The van der Waals surface area contributed by atoms with Gasteiger partial charge in [-0.25, -0.2) is 0 Å². The molecular weight excluding hydrogens is 352 g/mol. The Balaban J connectivity index is 1.37. The normalized spacial score (nSPS) is 12.7. The quantitative estimate of drug-likeness (QED) is 0.747. The van der Waals surface area contributed by atoms with Crippen molar-refractivity contribution in [1.82, 2.24) is 20.1 Å². The lowest BCUT2D eigenvalue weighted by molar-refractivity contribution is 0.0949. The maximum Gasteiger partial charge on any atom is 0.251 e. The molecule has 26 heavy (non-hydrogen) atoms. The molecule has 0 radical (unpaired) electrons. The lowest BCUT2D eigenvalue weighted by atomic mass is 10.2. The summed E-state index contributed by atoms with van der Waals surface area (Å²) in [6.45, 7) is 1.29. The lowest BCUT2D eigenvalue weighted by Crippen LogP contribution is -2.24. The maximum absolute atomic E-state index is 12.3. The zero-order valence-corrected chi connectivity index (χ0v) is 14.7. The van der Waals surface area contributed by atoms with Gasteiger partial charge < -0.3 is 14.6 Å². The molecule has 132 valence electrons. The number of nitrogens with zero attached hydrogens (tertiary/aromatic N) is 3. The summed E-state index contributed by atoms with van der Waals surface area (Å²) in [7, 11) is 0. The van der Waals surface area contributed by atoms with Gasteiger partial charge in [0, 0.05) is 23.6 Å². The molecule has 6 nitrogen and oxygen atoms in total. The van der Waals surface area contributed by atoms with Gasteiger partial charge in [0.1, 0.15) is 17.3 Å². The van der Waals surface area contributed by atoms with Gasteiger partial charge in [-0.2, -0.15) is 0 Å². The summed E-state index contributed by atoms with van der Waals surface area (Å²) < 4.78 is 7.80. The highest BCUT2D eigenvalue weighted by molar-refractivity contribution is 6.30. The van der Waals surface area contributed by atoms with Gasteiger partial charge in [-0.05, 0) is 48.9 Å². The molecule has 7 heteroatoms. The summed E-state index contributed by atoms with van der Waals surface area (Å²) >= 11 is 5.95. The van der Waals surface area contributed by atoms with Crippen LogP contribution in [-0.2, 0) is 19.5 Å². The fourth-order valence-corrected chi connectivity index (χ4v) is 3.12. The van der Waals surface area contributed by atoms with E-state index in [1.165, 1.54) is 0 Å². The van der Waals surface area contributed by atoms with Crippen molar-refractivity contribution in [2.75, 3.05) is 0 Å². The number of nitrogens with one attached hydrogen (secondary N) is 1. The number of aromatic nitrogens is 3. The molecular formula is C19H17ClN4O2. The Kier molecular flexibility index (Phi) is 4.58. The van der Waals surface area contributed by atoms with Crippen molar-refractivity contribution in [3.8, 4) is 11.5 Å². The van der Waals surface area contributed by atoms with Crippen molar-refractivity contribution in [3.63, 3.8) is 0 Å². The highest BCUT2D eigenvalue weighted by Gasteiger charge is 2.17. The summed E-state index contributed by atoms with van der Waals surface area (Å²) in [5.74, 6) is 2.92. The molecule has 1 N–H and O–H groups in total. The number of aryl methyl sites for hydroxylation is 1. The predicted octanol–water partition coefficient (Wildman–Crippen LogP) is 3.60. The molecule has 0 fully saturated rings. The molecule has 4 rings (SSSR count). The van der Waals surface area contributed by atoms with Gasteiger partial charge in [0.15, 0.2) is 5.82 Å². The van der Waals surface area contributed by atoms with Crippen LogP contribution in [0.3, 0.4) is 0 Å². The number of amides is 1. The third kappa shape index (κ3) is 3.55. The van der Waals surface area contributed by atoms with E-state index in [-0.39, 0.29) is 5.91 Å². The van der Waals surface area contributed by atoms with Gasteiger partial charge in [-0.3, -0.25) is 4.79 Å². The van der Waals surface area contributed by atoms with Gasteiger partial charge in [-0.1, -0.05) is 17.7 Å². The topological polar surface area (TPSA) is 69.0 Å². The molecule has 0 saturated heterocycles. The number of carbonyl (C=O) groups is 1. The van der Waals surface area contributed by atoms with E-state index in [0.717, 1.165) is 31.0 Å². The second kappa shape index (κ2) is 7.17. The Morgan fingerprint density at radius 3 is 2.81 bits per heavy atom. The molecule has 0 atom stereocenters. The molecule has 1 aliphatic rings. The number of carbonyl (C=O) groups excluding carboxylic acids is 1. The molecule has 0 unspecified atom stereocenters. The van der Waals surface area contributed by atoms with E-state index >= 15 is 0 Å². The minimum Gasteiger partial charge on any atom is -0.457 e. The predicted molar refractivity (Wildman–Crippen MR) is 97.5 cm³/mol. The van der Waals surface area contributed by atoms with Crippen molar-refractivity contribution in [3.05, 3.63) is 70.8 Å². The van der Waals surface area contributed by atoms with Crippen molar-refractivity contribution < 1.29 is 9.53 Å². The van der Waals surface area contributed by atoms with Crippen molar-refractivity contribution in [1.29, 1.82) is 0 Å². The summed E-state index contributed by atoms with van der Waals surface area (Å²) in [5.41, 5.74) is 0.560. The summed E-state index contributed by atoms with van der Waals surface area (Å²) in [4.78, 5) is 12.3. The van der Waals surface area contributed by atoms with Crippen LogP contribution in [0.1, 0.15) is 28.4 Å². The van der Waals surface area contributed by atoms with E-state index in [2.05, 4.69) is 20.1 Å². The third-order valence-electron chi connectivity index (χ3n) is 4.24. The number of hydrogen-bond acceptors (Lipinski definition) is 4. The number of fused-ring (bicyclic) bond motifs is 1. The molecule has 0 saturated carbocycles. The van der Waals surface area contributed by atoms with Crippen LogP contribution in [0, 0.1) is 0 Å². The third-order valence-corrected chi connectivity index (χ3v) is 4.48. The van der Waals surface area contributed by atoms with Crippen molar-refractivity contribution >= 4 is 17.5 Å². The molecule has 2 heterocycles. The minimum atomic E-state index is -0.158. The second-order valence-corrected chi connectivity index (χ2v) is 6.49. The Morgan fingerprint density at radius 1 is 1.15 bits per heavy atom. The first kappa shape index (κ1) is 16.6. The zero-order valence-electron chi connectivity index (χ0n) is 14.0. The van der Waals surface area contributed by atoms with Crippen LogP contribution >= 0.6 is 11.6 Å². The van der Waals surface area contributed by atoms with Gasteiger partial charge in [0.25, 0.3) is 5.91 Å². The summed E-state index contributed by atoms with van der Waals surface area (Å²) in [6, 6.07) is 14.1. The Hall–Kier alpha value is -2.86. The van der Waals surface area contributed by atoms with Crippen LogP contribution in [0.15, 0.2) is 48.5 Å². The molecule has 0 bridgehead atoms. The van der Waals surface area contributed by atoms with Crippen LogP contribution in [-0.4, -0.2) is 20.7 Å². The fraction of sp³-hybridized carbons (Fsp3) is 0.211. The standard InChI is InChI=1S/C19H17ClN4O2/c20-14-3-1-4-16(11-14)26-15-8-6-13(7-9-15)19(25)21-12-18-23-22-17-5-2-10-24(17)18/h1,3-4,6-9,11H,2,5,10,12H2,(H,21,25). The van der Waals surface area contributed by atoms with Gasteiger partial charge in [0.05, 0.1) is 6.54 Å². The molecule has 1 aromatic heterocycles. The van der Waals surface area contributed by atoms with Gasteiger partial charge >= 0.3 is 0 Å². The number of rotatable bonds is 5. The molecule has 2 aromatic carbocycles. The molecule has 3 aromatic rings. The Bertz CT molecular complexity index is 937. The van der Waals surface area contributed by atoms with E-state index in [9.17, 15) is 4.79 Å². The van der Waals surface area contributed by atoms with Crippen molar-refractivity contribution in [2.45, 2.75) is 25.9 Å². The first-order chi connectivity index (χ1) is 12.7. The highest BCUT2D eigenvalue weighted by atomic mass is 35.5. The summed E-state index contributed by atoms with van der Waals surface area (Å²) in [6.07, 6.45) is 2.04. The zero-order chi connectivity index (χ0) is 17.9. The molecule has 0 aliphatic carbocycles. The van der Waals surface area contributed by atoms with Crippen molar-refractivity contribution in [2.24, 2.45) is 0 Å². The van der Waals surface area contributed by atoms with Crippen LogP contribution in [0.25, 0.3) is 0 Å². The highest BCUT2D eigenvalue weighted by Crippen LogP contribution is 2.24. The minimum absolute atomic E-state index is 0.158. The van der Waals surface area contributed by atoms with E-state index in [4.69, 9.17) is 16.3 Å². The average Bonchev–Trinajstić information content (AvgIpc) is 3.24. The van der Waals surface area contributed by atoms with Crippen LogP contribution in [0.5, 0.6) is 11.5 Å². The maximum atomic E-state index is 12.3. The smallest absolute Gasteiger partial charge is 0.251 e. The lowest BCUT2D eigenvalue weighted by Gasteiger charge is -2.08. The largest absolute Gasteiger partial charge is 0.457 e. The van der Waals surface area contributed by atoms with E-state index in [1.807, 2.05) is 12.1 Å². The van der Waals surface area contributed by atoms with E-state index in [0.29, 0.717) is 28.6 Å². The van der Waals surface area contributed by atoms with Crippen LogP contribution in [0.2, 0.25) is 5.02 Å². The Labute approximate surface area is 155 Å². The number of hydrogen-bond donors (Lipinski definition) is 1. The van der Waals surface area contributed by atoms with E-state index in [1.54, 1.807) is 36.4 Å². The number of benzene rings is 2. The van der Waals surface area contributed by atoms with Gasteiger partial charge in [-0.15, -0.1) is 10.2 Å². The van der Waals surface area contributed by atoms with Crippen LogP contribution in [0.4, 0.5) is 0 Å². The van der Waals surface area contributed by atoms with E-state index < -0.39 is 0 Å². The summed E-state index contributed by atoms with van der Waals surface area (Å²) in [5, 5.41) is 11.8. The second-order valence-electron chi connectivity index (χ2n) is 6.05. The SMILES string of the molecule is O=C(NCc1nnc2n1CCC2)c1ccc(Oc2cccc(Cl)c2)cc1. The monoisotopic (exact) mass is 368 g/mol. The molecule has 0 spiro atoms. The average molecular weight is 369 g/mol. The fourth-order valence-electron chi connectivity index (χ4n) is 2.94. The molecule has 1 aliphatic heterocycles. The van der Waals surface area contributed by atoms with Crippen LogP contribution < -0.4 is 10.1 Å². The first-order valence-corrected chi connectivity index (χ1v) is 8.79. The number of halogens is 1.